The van der Waals surface area contributed by atoms with Crippen LogP contribution in [0.25, 0.3) is 0 Å². The van der Waals surface area contributed by atoms with E-state index in [-0.39, 0.29) is 0 Å². The minimum Gasteiger partial charge on any atom is -0.431 e. The first-order valence-corrected chi connectivity index (χ1v) is 5.98. The van der Waals surface area contributed by atoms with Gasteiger partial charge in [-0.3, -0.25) is 0 Å². The molecule has 0 aliphatic rings. The fourth-order valence-electron chi connectivity index (χ4n) is 1.07. The molecule has 0 spiro atoms. The minimum atomic E-state index is 0.469. The molecule has 3 nitrogen and oxygen atoms in total. The van der Waals surface area contributed by atoms with E-state index in [1.807, 2.05) is 30.3 Å². The van der Waals surface area contributed by atoms with E-state index in [1.54, 1.807) is 0 Å². The molecule has 0 amide bonds. The van der Waals surface area contributed by atoms with Crippen LogP contribution in [0.1, 0.15) is 4.88 Å². The third-order valence-corrected chi connectivity index (χ3v) is 3.64. The van der Waals surface area contributed by atoms with E-state index >= 15 is 0 Å². The van der Waals surface area contributed by atoms with Crippen LogP contribution in [0.2, 0.25) is 0 Å². The number of hydrogen-bond acceptors (Lipinski definition) is 4. The maximum absolute atomic E-state index is 5.56. The van der Waals surface area contributed by atoms with Crippen molar-refractivity contribution in [3.63, 3.8) is 0 Å². The summed E-state index contributed by atoms with van der Waals surface area (Å²) in [7, 11) is 0. The molecule has 0 atom stereocenters. The van der Waals surface area contributed by atoms with E-state index in [9.17, 15) is 0 Å². The van der Waals surface area contributed by atoms with Crippen LogP contribution in [0, 0.1) is 0 Å². The zero-order valence-corrected chi connectivity index (χ0v) is 10.2. The summed E-state index contributed by atoms with van der Waals surface area (Å²) in [6.07, 6.45) is 0. The van der Waals surface area contributed by atoms with E-state index in [1.165, 1.54) is 11.3 Å². The molecular weight excluding hydrogens is 276 g/mol. The highest BCUT2D eigenvalue weighted by atomic mass is 79.9. The van der Waals surface area contributed by atoms with Crippen LogP contribution < -0.4 is 10.5 Å². The second-order valence-corrected chi connectivity index (χ2v) is 4.61. The normalized spacial score (nSPS) is 10.3. The summed E-state index contributed by atoms with van der Waals surface area (Å²) in [5, 5.41) is 0.605. The van der Waals surface area contributed by atoms with Gasteiger partial charge < -0.3 is 10.5 Å². The number of aromatic nitrogens is 1. The highest BCUT2D eigenvalue weighted by Gasteiger charge is 2.08. The maximum atomic E-state index is 5.56. The van der Waals surface area contributed by atoms with Crippen molar-refractivity contribution in [2.24, 2.45) is 5.73 Å². The molecule has 0 unspecified atom stereocenters. The fraction of sp³-hybridized carbons (Fsp3) is 0.100. The lowest BCUT2D eigenvalue weighted by atomic mass is 10.3. The number of halogens is 1. The molecule has 0 saturated heterocycles. The summed E-state index contributed by atoms with van der Waals surface area (Å²) in [5.74, 6) is 0.780. The maximum Gasteiger partial charge on any atom is 0.280 e. The first-order chi connectivity index (χ1) is 7.29. The van der Waals surface area contributed by atoms with Crippen LogP contribution in [0.15, 0.2) is 34.9 Å². The Morgan fingerprint density at radius 3 is 2.67 bits per heavy atom. The van der Waals surface area contributed by atoms with Gasteiger partial charge in [0.05, 0.1) is 4.88 Å². The Morgan fingerprint density at radius 2 is 2.07 bits per heavy atom. The average Bonchev–Trinajstić information content (AvgIpc) is 2.60. The highest BCUT2D eigenvalue weighted by molar-refractivity contribution is 9.10. The standard InChI is InChI=1S/C10H9BrN2OS/c11-9-8(6-12)15-10(13-9)14-7-4-2-1-3-5-7/h1-5H,6,12H2. The second-order valence-electron chi connectivity index (χ2n) is 2.81. The third kappa shape index (κ3) is 2.56. The predicted octanol–water partition coefficient (Wildman–Crippen LogP) is 3.16. The van der Waals surface area contributed by atoms with E-state index in [2.05, 4.69) is 20.9 Å². The van der Waals surface area contributed by atoms with Crippen LogP contribution in [-0.4, -0.2) is 4.98 Å². The number of benzene rings is 1. The van der Waals surface area contributed by atoms with Gasteiger partial charge in [0.15, 0.2) is 0 Å². The zero-order valence-electron chi connectivity index (χ0n) is 7.81. The van der Waals surface area contributed by atoms with Crippen molar-refractivity contribution in [1.29, 1.82) is 0 Å². The molecule has 0 fully saturated rings. The Bertz CT molecular complexity index is 444. The van der Waals surface area contributed by atoms with Gasteiger partial charge in [-0.05, 0) is 28.1 Å². The highest BCUT2D eigenvalue weighted by Crippen LogP contribution is 2.31. The lowest BCUT2D eigenvalue weighted by molar-refractivity contribution is 0.478. The third-order valence-electron chi connectivity index (χ3n) is 1.76. The molecule has 0 radical (unpaired) electrons. The van der Waals surface area contributed by atoms with Crippen LogP contribution in [-0.2, 0) is 6.54 Å². The molecule has 1 aromatic heterocycles. The Labute approximate surface area is 100 Å². The number of rotatable bonds is 3. The van der Waals surface area contributed by atoms with Gasteiger partial charge in [-0.1, -0.05) is 29.5 Å². The molecule has 2 rings (SSSR count). The van der Waals surface area contributed by atoms with Gasteiger partial charge in [0.1, 0.15) is 10.4 Å². The lowest BCUT2D eigenvalue weighted by Crippen LogP contribution is -1.92. The molecule has 0 saturated carbocycles. The topological polar surface area (TPSA) is 48.1 Å². The fourth-order valence-corrected chi connectivity index (χ4v) is 2.45. The molecule has 1 aromatic carbocycles. The summed E-state index contributed by atoms with van der Waals surface area (Å²) in [6.45, 7) is 0.469. The number of ether oxygens (including phenoxy) is 1. The van der Waals surface area contributed by atoms with Crippen LogP contribution in [0.5, 0.6) is 10.9 Å². The second kappa shape index (κ2) is 4.74. The minimum absolute atomic E-state index is 0.469. The Kier molecular flexibility index (Phi) is 3.35. The van der Waals surface area contributed by atoms with Gasteiger partial charge in [0.25, 0.3) is 5.19 Å². The quantitative estimate of drug-likeness (QED) is 0.942. The molecule has 0 bridgehead atoms. The van der Waals surface area contributed by atoms with Gasteiger partial charge in [-0.25, -0.2) is 0 Å². The predicted molar refractivity (Wildman–Crippen MR) is 64.2 cm³/mol. The number of thiazole rings is 1. The monoisotopic (exact) mass is 284 g/mol. The number of hydrogen-bond donors (Lipinski definition) is 1. The molecular formula is C10H9BrN2OS. The number of nitrogens with zero attached hydrogens (tertiary/aromatic N) is 1. The van der Waals surface area contributed by atoms with Gasteiger partial charge in [-0.15, -0.1) is 0 Å². The molecule has 0 aliphatic heterocycles. The Morgan fingerprint density at radius 1 is 1.33 bits per heavy atom. The zero-order chi connectivity index (χ0) is 10.7. The largest absolute Gasteiger partial charge is 0.431 e. The summed E-state index contributed by atoms with van der Waals surface area (Å²) in [6, 6.07) is 9.55. The molecule has 5 heteroatoms. The molecule has 0 aliphatic carbocycles. The van der Waals surface area contributed by atoms with E-state index < -0.39 is 0 Å². The van der Waals surface area contributed by atoms with E-state index in [0.717, 1.165) is 15.2 Å². The molecule has 2 N–H and O–H groups in total. The summed E-state index contributed by atoms with van der Waals surface area (Å²) >= 11 is 4.78. The first-order valence-electron chi connectivity index (χ1n) is 4.38. The summed E-state index contributed by atoms with van der Waals surface area (Å²) < 4.78 is 6.33. The summed E-state index contributed by atoms with van der Waals surface area (Å²) in [4.78, 5) is 5.20. The van der Waals surface area contributed by atoms with Crippen molar-refractivity contribution < 1.29 is 4.74 Å². The molecule has 2 aromatic rings. The SMILES string of the molecule is NCc1sc(Oc2ccccc2)nc1Br. The smallest absolute Gasteiger partial charge is 0.280 e. The Hall–Kier alpha value is -0.910. The number of nitrogens with two attached hydrogens (primary N) is 1. The first kappa shape index (κ1) is 10.6. The van der Waals surface area contributed by atoms with Crippen molar-refractivity contribution >= 4 is 27.3 Å². The molecule has 78 valence electrons. The van der Waals surface area contributed by atoms with Crippen molar-refractivity contribution in [1.82, 2.24) is 4.98 Å². The van der Waals surface area contributed by atoms with Crippen molar-refractivity contribution in [3.05, 3.63) is 39.8 Å². The number of para-hydroxylation sites is 1. The molecule has 1 heterocycles. The van der Waals surface area contributed by atoms with Gasteiger partial charge in [-0.2, -0.15) is 4.98 Å². The van der Waals surface area contributed by atoms with Crippen molar-refractivity contribution in [2.45, 2.75) is 6.54 Å². The van der Waals surface area contributed by atoms with Gasteiger partial charge in [0, 0.05) is 6.54 Å². The van der Waals surface area contributed by atoms with Crippen molar-refractivity contribution in [3.8, 4) is 10.9 Å². The van der Waals surface area contributed by atoms with Crippen LogP contribution >= 0.6 is 27.3 Å². The van der Waals surface area contributed by atoms with Crippen LogP contribution in [0.4, 0.5) is 0 Å². The van der Waals surface area contributed by atoms with Gasteiger partial charge >= 0.3 is 0 Å². The Balaban J connectivity index is 2.18. The average molecular weight is 285 g/mol. The van der Waals surface area contributed by atoms with Crippen molar-refractivity contribution in [2.75, 3.05) is 0 Å². The van der Waals surface area contributed by atoms with E-state index in [4.69, 9.17) is 10.5 Å². The summed E-state index contributed by atoms with van der Waals surface area (Å²) in [5.41, 5.74) is 5.54. The molecule has 15 heavy (non-hydrogen) atoms. The van der Waals surface area contributed by atoms with Crippen LogP contribution in [0.3, 0.4) is 0 Å². The van der Waals surface area contributed by atoms with E-state index in [0.29, 0.717) is 11.7 Å². The van der Waals surface area contributed by atoms with Gasteiger partial charge in [0.2, 0.25) is 0 Å². The lowest BCUT2D eigenvalue weighted by Gasteiger charge is -1.99.